The maximum absolute atomic E-state index is 5.90. The van der Waals surface area contributed by atoms with Crippen LogP contribution in [0.2, 0.25) is 0 Å². The molecule has 0 saturated carbocycles. The second-order valence-electron chi connectivity index (χ2n) is 5.24. The highest BCUT2D eigenvalue weighted by Gasteiger charge is 2.12. The lowest BCUT2D eigenvalue weighted by molar-refractivity contribution is 0.306. The molecule has 0 aliphatic carbocycles. The maximum atomic E-state index is 5.90. The number of ether oxygens (including phenoxy) is 1. The fourth-order valence-corrected chi connectivity index (χ4v) is 3.39. The maximum Gasteiger partial charge on any atom is 0.157 e. The molecule has 0 unspecified atom stereocenters. The Morgan fingerprint density at radius 3 is 2.86 bits per heavy atom. The summed E-state index contributed by atoms with van der Waals surface area (Å²) in [5, 5.41) is 5.53. The lowest BCUT2D eigenvalue weighted by Crippen LogP contribution is -2.02. The number of benzene rings is 1. The van der Waals surface area contributed by atoms with Gasteiger partial charge in [0.05, 0.1) is 12.4 Å². The molecule has 0 radical (unpaired) electrons. The first-order valence-corrected chi connectivity index (χ1v) is 7.87. The molecule has 0 saturated heterocycles. The van der Waals surface area contributed by atoms with E-state index in [1.54, 1.807) is 17.5 Å². The predicted octanol–water partition coefficient (Wildman–Crippen LogP) is 3.72. The largest absolute Gasteiger partial charge is 0.486 e. The molecule has 3 rings (SSSR count). The van der Waals surface area contributed by atoms with Crippen LogP contribution in [0, 0.1) is 0 Å². The molecule has 0 bridgehead atoms. The van der Waals surface area contributed by atoms with E-state index in [4.69, 9.17) is 10.5 Å². The number of fused-ring (bicyclic) bond motifs is 1. The lowest BCUT2D eigenvalue weighted by Gasteiger charge is -2.06. The summed E-state index contributed by atoms with van der Waals surface area (Å²) in [5.74, 6) is 0.793. The zero-order valence-electron chi connectivity index (χ0n) is 12.2. The Morgan fingerprint density at radius 1 is 1.33 bits per heavy atom. The molecule has 0 aliphatic heterocycles. The Hall–Kier alpha value is -1.85. The van der Waals surface area contributed by atoms with Crippen LogP contribution in [0.15, 0.2) is 36.7 Å². The summed E-state index contributed by atoms with van der Waals surface area (Å²) in [5.41, 5.74) is 7.06. The Balaban J connectivity index is 1.83. The van der Waals surface area contributed by atoms with Crippen LogP contribution in [0.1, 0.15) is 30.3 Å². The second-order valence-corrected chi connectivity index (χ2v) is 6.38. The number of hydrogen-bond donors (Lipinski definition) is 1. The molecule has 0 atom stereocenters. The standard InChI is InChI=1S/C16H19N3OS/c1-11(2)19-9-12(8-18-19)20-10-14-13-5-3-4-6-15(13)21-16(14)7-17/h3-6,8-9,11H,7,10,17H2,1-2H3. The predicted molar refractivity (Wildman–Crippen MR) is 86.7 cm³/mol. The Bertz CT molecular complexity index is 745. The third kappa shape index (κ3) is 2.80. The quantitative estimate of drug-likeness (QED) is 0.781. The van der Waals surface area contributed by atoms with Gasteiger partial charge < -0.3 is 10.5 Å². The SMILES string of the molecule is CC(C)n1cc(OCc2c(CN)sc3ccccc23)cn1. The van der Waals surface area contributed by atoms with Crippen molar-refractivity contribution in [3.8, 4) is 5.75 Å². The molecule has 2 aromatic heterocycles. The van der Waals surface area contributed by atoms with Gasteiger partial charge in [-0.1, -0.05) is 18.2 Å². The Kier molecular flexibility index (Phi) is 3.94. The van der Waals surface area contributed by atoms with Crippen molar-refractivity contribution in [1.82, 2.24) is 9.78 Å². The molecule has 4 nitrogen and oxygen atoms in total. The van der Waals surface area contributed by atoms with Crippen molar-refractivity contribution in [2.24, 2.45) is 5.73 Å². The first-order chi connectivity index (χ1) is 10.2. The Labute approximate surface area is 128 Å². The highest BCUT2D eigenvalue weighted by Crippen LogP contribution is 2.31. The van der Waals surface area contributed by atoms with Crippen LogP contribution in [-0.4, -0.2) is 9.78 Å². The topological polar surface area (TPSA) is 53.1 Å². The van der Waals surface area contributed by atoms with Gasteiger partial charge in [-0.05, 0) is 25.3 Å². The number of rotatable bonds is 5. The van der Waals surface area contributed by atoms with Gasteiger partial charge in [0.2, 0.25) is 0 Å². The summed E-state index contributed by atoms with van der Waals surface area (Å²) < 4.78 is 9.05. The molecule has 1 aromatic carbocycles. The van der Waals surface area contributed by atoms with Crippen molar-refractivity contribution in [2.75, 3.05) is 0 Å². The van der Waals surface area contributed by atoms with E-state index in [0.29, 0.717) is 19.2 Å². The highest BCUT2D eigenvalue weighted by molar-refractivity contribution is 7.19. The number of aromatic nitrogens is 2. The summed E-state index contributed by atoms with van der Waals surface area (Å²) in [6.45, 7) is 5.26. The number of nitrogens with zero attached hydrogens (tertiary/aromatic N) is 2. The summed E-state index contributed by atoms with van der Waals surface area (Å²) in [7, 11) is 0. The van der Waals surface area contributed by atoms with Crippen molar-refractivity contribution in [2.45, 2.75) is 33.0 Å². The minimum atomic E-state index is 0.337. The smallest absolute Gasteiger partial charge is 0.157 e. The van der Waals surface area contributed by atoms with Crippen molar-refractivity contribution in [3.63, 3.8) is 0 Å². The third-order valence-electron chi connectivity index (χ3n) is 3.46. The van der Waals surface area contributed by atoms with Crippen LogP contribution in [0.5, 0.6) is 5.75 Å². The minimum absolute atomic E-state index is 0.337. The van der Waals surface area contributed by atoms with Crippen LogP contribution in [0.25, 0.3) is 10.1 Å². The van der Waals surface area contributed by atoms with Gasteiger partial charge in [0.15, 0.2) is 5.75 Å². The van der Waals surface area contributed by atoms with Crippen LogP contribution >= 0.6 is 11.3 Å². The minimum Gasteiger partial charge on any atom is -0.486 e. The van der Waals surface area contributed by atoms with Crippen molar-refractivity contribution in [3.05, 3.63) is 47.1 Å². The summed E-state index contributed by atoms with van der Waals surface area (Å²) in [6, 6.07) is 8.69. The van der Waals surface area contributed by atoms with E-state index >= 15 is 0 Å². The van der Waals surface area contributed by atoms with E-state index in [-0.39, 0.29) is 0 Å². The van der Waals surface area contributed by atoms with Crippen molar-refractivity contribution < 1.29 is 4.74 Å². The summed E-state index contributed by atoms with van der Waals surface area (Å²) >= 11 is 1.74. The molecule has 2 heterocycles. The molecule has 21 heavy (non-hydrogen) atoms. The molecule has 0 amide bonds. The summed E-state index contributed by atoms with van der Waals surface area (Å²) in [6.07, 6.45) is 3.69. The van der Waals surface area contributed by atoms with Crippen LogP contribution in [0.4, 0.5) is 0 Å². The van der Waals surface area contributed by atoms with Gasteiger partial charge in [0.25, 0.3) is 0 Å². The first kappa shape index (κ1) is 14.1. The second kappa shape index (κ2) is 5.87. The molecule has 0 aliphatic rings. The van der Waals surface area contributed by atoms with Gasteiger partial charge in [0, 0.05) is 27.7 Å². The molecule has 0 spiro atoms. The molecule has 110 valence electrons. The number of nitrogens with two attached hydrogens (primary N) is 1. The van der Waals surface area contributed by atoms with E-state index in [9.17, 15) is 0 Å². The number of hydrogen-bond acceptors (Lipinski definition) is 4. The van der Waals surface area contributed by atoms with Crippen molar-refractivity contribution in [1.29, 1.82) is 0 Å². The van der Waals surface area contributed by atoms with E-state index in [1.807, 2.05) is 10.9 Å². The molecule has 2 N–H and O–H groups in total. The van der Waals surface area contributed by atoms with Gasteiger partial charge in [-0.15, -0.1) is 11.3 Å². The molecular formula is C16H19N3OS. The molecule has 0 fully saturated rings. The lowest BCUT2D eigenvalue weighted by atomic mass is 10.1. The van der Waals surface area contributed by atoms with Crippen LogP contribution in [0.3, 0.4) is 0 Å². The van der Waals surface area contributed by atoms with E-state index in [2.05, 4.69) is 43.2 Å². The zero-order valence-corrected chi connectivity index (χ0v) is 13.1. The van der Waals surface area contributed by atoms with Gasteiger partial charge in [-0.2, -0.15) is 5.10 Å². The molecule has 5 heteroatoms. The van der Waals surface area contributed by atoms with E-state index in [1.165, 1.54) is 20.5 Å². The van der Waals surface area contributed by atoms with Crippen LogP contribution in [-0.2, 0) is 13.2 Å². The number of thiophene rings is 1. The van der Waals surface area contributed by atoms with Gasteiger partial charge in [-0.3, -0.25) is 4.68 Å². The van der Waals surface area contributed by atoms with Gasteiger partial charge >= 0.3 is 0 Å². The summed E-state index contributed by atoms with van der Waals surface area (Å²) in [4.78, 5) is 1.19. The zero-order chi connectivity index (χ0) is 14.8. The first-order valence-electron chi connectivity index (χ1n) is 7.05. The fourth-order valence-electron chi connectivity index (χ4n) is 2.31. The van der Waals surface area contributed by atoms with Gasteiger partial charge in [-0.25, -0.2) is 0 Å². The van der Waals surface area contributed by atoms with Crippen LogP contribution < -0.4 is 10.5 Å². The molecular weight excluding hydrogens is 282 g/mol. The van der Waals surface area contributed by atoms with E-state index < -0.39 is 0 Å². The average molecular weight is 301 g/mol. The van der Waals surface area contributed by atoms with Crippen molar-refractivity contribution >= 4 is 21.4 Å². The molecule has 3 aromatic rings. The third-order valence-corrected chi connectivity index (χ3v) is 4.69. The average Bonchev–Trinajstić information content (AvgIpc) is 3.09. The normalized spacial score (nSPS) is 11.4. The fraction of sp³-hybridized carbons (Fsp3) is 0.312. The Morgan fingerprint density at radius 2 is 2.14 bits per heavy atom. The monoisotopic (exact) mass is 301 g/mol. The highest BCUT2D eigenvalue weighted by atomic mass is 32.1. The van der Waals surface area contributed by atoms with Gasteiger partial charge in [0.1, 0.15) is 6.61 Å². The van der Waals surface area contributed by atoms with E-state index in [0.717, 1.165) is 5.75 Å².